The molecule has 1 saturated carbocycles. The Morgan fingerprint density at radius 2 is 2.11 bits per heavy atom. The summed E-state index contributed by atoms with van der Waals surface area (Å²) in [7, 11) is 0. The van der Waals surface area contributed by atoms with Crippen LogP contribution in [0, 0.1) is 22.0 Å². The maximum atomic E-state index is 10.7. The minimum atomic E-state index is -0.517. The van der Waals surface area contributed by atoms with Crippen molar-refractivity contribution in [1.82, 2.24) is 4.98 Å². The van der Waals surface area contributed by atoms with Gasteiger partial charge in [-0.05, 0) is 37.2 Å². The molecule has 3 atom stereocenters. The SMILES string of the molecule is CC1CCC(Nc2ccc([N+](=O)[O-])c(N)n2)CC1C. The molecule has 0 saturated heterocycles. The molecular weight excluding hydrogens is 244 g/mol. The summed E-state index contributed by atoms with van der Waals surface area (Å²) in [5.74, 6) is 2.02. The number of nitrogen functional groups attached to an aromatic ring is 1. The Morgan fingerprint density at radius 1 is 1.37 bits per heavy atom. The van der Waals surface area contributed by atoms with Gasteiger partial charge in [-0.25, -0.2) is 4.98 Å². The molecule has 0 aliphatic heterocycles. The zero-order chi connectivity index (χ0) is 14.0. The standard InChI is InChI=1S/C13H20N4O2/c1-8-3-4-10(7-9(8)2)15-12-6-5-11(17(18)19)13(14)16-12/h5-6,8-10H,3-4,7H2,1-2H3,(H3,14,15,16). The van der Waals surface area contributed by atoms with Gasteiger partial charge in [0, 0.05) is 12.1 Å². The zero-order valence-electron chi connectivity index (χ0n) is 11.3. The Balaban J connectivity index is 2.04. The van der Waals surface area contributed by atoms with Crippen molar-refractivity contribution in [2.24, 2.45) is 11.8 Å². The first-order valence-corrected chi connectivity index (χ1v) is 6.65. The molecule has 6 heteroatoms. The topological polar surface area (TPSA) is 94.1 Å². The summed E-state index contributed by atoms with van der Waals surface area (Å²) in [6.45, 7) is 4.54. The Morgan fingerprint density at radius 3 is 2.68 bits per heavy atom. The Kier molecular flexibility index (Phi) is 3.87. The lowest BCUT2D eigenvalue weighted by Crippen LogP contribution is -2.30. The molecule has 104 valence electrons. The summed E-state index contributed by atoms with van der Waals surface area (Å²) in [4.78, 5) is 14.2. The largest absolute Gasteiger partial charge is 0.378 e. The highest BCUT2D eigenvalue weighted by Gasteiger charge is 2.25. The van der Waals surface area contributed by atoms with Gasteiger partial charge < -0.3 is 11.1 Å². The molecule has 2 rings (SSSR count). The van der Waals surface area contributed by atoms with Crippen molar-refractivity contribution in [2.45, 2.75) is 39.2 Å². The molecule has 1 aromatic rings. The monoisotopic (exact) mass is 264 g/mol. The third-order valence-electron chi connectivity index (χ3n) is 4.05. The molecule has 6 nitrogen and oxygen atoms in total. The molecule has 1 aromatic heterocycles. The number of nitrogens with one attached hydrogen (secondary N) is 1. The van der Waals surface area contributed by atoms with Gasteiger partial charge in [0.05, 0.1) is 4.92 Å². The van der Waals surface area contributed by atoms with Gasteiger partial charge >= 0.3 is 5.69 Å². The van der Waals surface area contributed by atoms with Gasteiger partial charge in [-0.2, -0.15) is 0 Å². The van der Waals surface area contributed by atoms with Crippen molar-refractivity contribution in [2.75, 3.05) is 11.1 Å². The Bertz CT molecular complexity index is 478. The van der Waals surface area contributed by atoms with Crippen LogP contribution < -0.4 is 11.1 Å². The highest BCUT2D eigenvalue weighted by Crippen LogP contribution is 2.31. The fourth-order valence-electron chi connectivity index (χ4n) is 2.59. The summed E-state index contributed by atoms with van der Waals surface area (Å²) < 4.78 is 0. The van der Waals surface area contributed by atoms with E-state index in [1.165, 1.54) is 12.5 Å². The quantitative estimate of drug-likeness (QED) is 0.646. The van der Waals surface area contributed by atoms with Crippen LogP contribution >= 0.6 is 0 Å². The van der Waals surface area contributed by atoms with Crippen LogP contribution in [0.3, 0.4) is 0 Å². The van der Waals surface area contributed by atoms with Crippen molar-refractivity contribution in [1.29, 1.82) is 0 Å². The molecule has 1 heterocycles. The summed E-state index contributed by atoms with van der Waals surface area (Å²) in [5, 5.41) is 14.0. The number of aromatic nitrogens is 1. The summed E-state index contributed by atoms with van der Waals surface area (Å²) in [6, 6.07) is 3.40. The van der Waals surface area contributed by atoms with Gasteiger partial charge in [0.1, 0.15) is 5.82 Å². The smallest absolute Gasteiger partial charge is 0.311 e. The summed E-state index contributed by atoms with van der Waals surface area (Å²) >= 11 is 0. The molecule has 0 aromatic carbocycles. The van der Waals surface area contributed by atoms with E-state index in [4.69, 9.17) is 5.73 Å². The number of nitro groups is 1. The van der Waals surface area contributed by atoms with Crippen LogP contribution in [-0.4, -0.2) is 15.9 Å². The fourth-order valence-corrected chi connectivity index (χ4v) is 2.59. The van der Waals surface area contributed by atoms with Crippen LogP contribution in [0.15, 0.2) is 12.1 Å². The van der Waals surface area contributed by atoms with E-state index < -0.39 is 4.92 Å². The van der Waals surface area contributed by atoms with Crippen LogP contribution in [0.4, 0.5) is 17.3 Å². The fraction of sp³-hybridized carbons (Fsp3) is 0.615. The van der Waals surface area contributed by atoms with E-state index in [2.05, 4.69) is 24.1 Å². The van der Waals surface area contributed by atoms with E-state index in [1.54, 1.807) is 6.07 Å². The molecule has 19 heavy (non-hydrogen) atoms. The van der Waals surface area contributed by atoms with E-state index in [0.29, 0.717) is 17.8 Å². The van der Waals surface area contributed by atoms with Crippen molar-refractivity contribution < 1.29 is 4.92 Å². The number of nitrogens with zero attached hydrogens (tertiary/aromatic N) is 2. The molecule has 0 spiro atoms. The van der Waals surface area contributed by atoms with Crippen LogP contribution in [0.25, 0.3) is 0 Å². The lowest BCUT2D eigenvalue weighted by atomic mass is 9.79. The molecular formula is C13H20N4O2. The van der Waals surface area contributed by atoms with Gasteiger partial charge in [0.15, 0.2) is 0 Å². The first kappa shape index (κ1) is 13.6. The highest BCUT2D eigenvalue weighted by atomic mass is 16.6. The molecule has 1 aliphatic carbocycles. The van der Waals surface area contributed by atoms with E-state index in [1.807, 2.05) is 0 Å². The van der Waals surface area contributed by atoms with Gasteiger partial charge in [0.2, 0.25) is 5.82 Å². The van der Waals surface area contributed by atoms with Crippen LogP contribution in [-0.2, 0) is 0 Å². The number of hydrogen-bond donors (Lipinski definition) is 2. The van der Waals surface area contributed by atoms with Gasteiger partial charge in [-0.1, -0.05) is 13.8 Å². The lowest BCUT2D eigenvalue weighted by Gasteiger charge is -2.32. The predicted molar refractivity (Wildman–Crippen MR) is 74.9 cm³/mol. The Labute approximate surface area is 112 Å². The lowest BCUT2D eigenvalue weighted by molar-refractivity contribution is -0.384. The first-order chi connectivity index (χ1) is 8.97. The first-order valence-electron chi connectivity index (χ1n) is 6.65. The van der Waals surface area contributed by atoms with E-state index in [0.717, 1.165) is 18.8 Å². The Hall–Kier alpha value is -1.85. The molecule has 0 amide bonds. The maximum Gasteiger partial charge on any atom is 0.311 e. The molecule has 0 radical (unpaired) electrons. The average molecular weight is 264 g/mol. The average Bonchev–Trinajstić information content (AvgIpc) is 2.33. The van der Waals surface area contributed by atoms with Crippen molar-refractivity contribution in [3.8, 4) is 0 Å². The van der Waals surface area contributed by atoms with Gasteiger partial charge in [0.25, 0.3) is 0 Å². The third kappa shape index (κ3) is 3.13. The molecule has 0 bridgehead atoms. The highest BCUT2D eigenvalue weighted by molar-refractivity contribution is 5.57. The van der Waals surface area contributed by atoms with Gasteiger partial charge in [-0.3, -0.25) is 10.1 Å². The predicted octanol–water partition coefficient (Wildman–Crippen LogP) is 2.81. The van der Waals surface area contributed by atoms with Crippen molar-refractivity contribution in [3.05, 3.63) is 22.2 Å². The third-order valence-corrected chi connectivity index (χ3v) is 4.05. The summed E-state index contributed by atoms with van der Waals surface area (Å²) in [5.41, 5.74) is 5.44. The molecule has 1 aliphatic rings. The number of nitrogens with two attached hydrogens (primary N) is 1. The van der Waals surface area contributed by atoms with Crippen molar-refractivity contribution in [3.63, 3.8) is 0 Å². The number of hydrogen-bond acceptors (Lipinski definition) is 5. The van der Waals surface area contributed by atoms with Gasteiger partial charge in [-0.15, -0.1) is 0 Å². The maximum absolute atomic E-state index is 10.7. The second-order valence-corrected chi connectivity index (χ2v) is 5.47. The van der Waals surface area contributed by atoms with E-state index >= 15 is 0 Å². The molecule has 1 fully saturated rings. The number of pyridine rings is 1. The van der Waals surface area contributed by atoms with Crippen LogP contribution in [0.5, 0.6) is 0 Å². The number of rotatable bonds is 3. The van der Waals surface area contributed by atoms with E-state index in [-0.39, 0.29) is 11.5 Å². The zero-order valence-corrected chi connectivity index (χ0v) is 11.3. The minimum absolute atomic E-state index is 0.0350. The second-order valence-electron chi connectivity index (χ2n) is 5.47. The number of anilines is 2. The van der Waals surface area contributed by atoms with Crippen LogP contribution in [0.2, 0.25) is 0 Å². The molecule has 3 unspecified atom stereocenters. The molecule has 3 N–H and O–H groups in total. The minimum Gasteiger partial charge on any atom is -0.378 e. The van der Waals surface area contributed by atoms with Crippen LogP contribution in [0.1, 0.15) is 33.1 Å². The second kappa shape index (κ2) is 5.42. The van der Waals surface area contributed by atoms with E-state index in [9.17, 15) is 10.1 Å². The normalized spacial score (nSPS) is 26.9. The summed E-state index contributed by atoms with van der Waals surface area (Å²) in [6.07, 6.45) is 3.39. The van der Waals surface area contributed by atoms with Crippen molar-refractivity contribution >= 4 is 17.3 Å².